The Morgan fingerprint density at radius 3 is 2.63 bits per heavy atom. The van der Waals surface area contributed by atoms with Gasteiger partial charge in [-0.15, -0.1) is 0 Å². The zero-order valence-corrected chi connectivity index (χ0v) is 23.0. The summed E-state index contributed by atoms with van der Waals surface area (Å²) in [6.45, 7) is 4.94. The van der Waals surface area contributed by atoms with Gasteiger partial charge in [0, 0.05) is 31.8 Å². The maximum atomic E-state index is 13.3. The molecule has 2 aliphatic heterocycles. The molecule has 1 saturated heterocycles. The second-order valence-electron chi connectivity index (χ2n) is 10.3. The van der Waals surface area contributed by atoms with Crippen LogP contribution in [0, 0.1) is 12.8 Å². The lowest BCUT2D eigenvalue weighted by atomic mass is 10.0. The van der Waals surface area contributed by atoms with E-state index in [0.717, 1.165) is 41.7 Å². The molecular formula is C26H28N6O4S2. The van der Waals surface area contributed by atoms with Crippen LogP contribution in [-0.4, -0.2) is 58.9 Å². The van der Waals surface area contributed by atoms with Crippen molar-refractivity contribution in [2.75, 3.05) is 23.0 Å². The lowest BCUT2D eigenvalue weighted by Gasteiger charge is -2.24. The molecule has 6 rings (SSSR count). The summed E-state index contributed by atoms with van der Waals surface area (Å²) in [7, 11) is -3.65. The molecule has 0 bridgehead atoms. The number of carbonyl (C=O) groups is 2. The van der Waals surface area contributed by atoms with Crippen LogP contribution in [0.2, 0.25) is 0 Å². The molecule has 3 aliphatic rings. The highest BCUT2D eigenvalue weighted by atomic mass is 32.2. The standard InChI is InChI=1S/C26H28N6O4S2/c1-14-24(37-26(28-14)30-20-11-27-12-21(29-20)31-8-4-5-22(31)33)17-9-18-13-32(15(2)16-6-7-16)25(34)23(18)19(10-17)38(3,35)36/h9-12,15-16H,4-8,13H2,1-3H3,(H,28,29,30). The molecule has 12 heteroatoms. The van der Waals surface area contributed by atoms with Crippen molar-refractivity contribution in [1.29, 1.82) is 0 Å². The van der Waals surface area contributed by atoms with E-state index in [9.17, 15) is 18.0 Å². The van der Waals surface area contributed by atoms with Gasteiger partial charge in [-0.05, 0) is 62.3 Å². The number of amides is 2. The minimum atomic E-state index is -3.65. The number of rotatable bonds is 7. The maximum Gasteiger partial charge on any atom is 0.256 e. The van der Waals surface area contributed by atoms with Gasteiger partial charge >= 0.3 is 0 Å². The number of sulfone groups is 1. The van der Waals surface area contributed by atoms with E-state index in [1.165, 1.54) is 11.3 Å². The van der Waals surface area contributed by atoms with Crippen LogP contribution in [0.5, 0.6) is 0 Å². The number of thiazole rings is 1. The lowest BCUT2D eigenvalue weighted by molar-refractivity contribution is -0.117. The Morgan fingerprint density at radius 1 is 1.16 bits per heavy atom. The molecule has 2 aromatic heterocycles. The molecule has 10 nitrogen and oxygen atoms in total. The first-order valence-electron chi connectivity index (χ1n) is 12.7. The van der Waals surface area contributed by atoms with Crippen LogP contribution < -0.4 is 10.2 Å². The first kappa shape index (κ1) is 24.9. The molecular weight excluding hydrogens is 524 g/mol. The van der Waals surface area contributed by atoms with Crippen LogP contribution in [0.25, 0.3) is 10.4 Å². The van der Waals surface area contributed by atoms with E-state index in [4.69, 9.17) is 0 Å². The first-order chi connectivity index (χ1) is 18.1. The smallest absolute Gasteiger partial charge is 0.256 e. The number of anilines is 3. The van der Waals surface area contributed by atoms with Gasteiger partial charge in [-0.2, -0.15) is 0 Å². The monoisotopic (exact) mass is 552 g/mol. The van der Waals surface area contributed by atoms with Gasteiger partial charge in [0.15, 0.2) is 26.6 Å². The van der Waals surface area contributed by atoms with Gasteiger partial charge in [0.2, 0.25) is 5.91 Å². The molecule has 38 heavy (non-hydrogen) atoms. The molecule has 1 aliphatic carbocycles. The second kappa shape index (κ2) is 9.12. The van der Waals surface area contributed by atoms with E-state index < -0.39 is 9.84 Å². The van der Waals surface area contributed by atoms with Crippen LogP contribution in [0.15, 0.2) is 29.4 Å². The fraction of sp³-hybridized carbons (Fsp3) is 0.423. The number of aromatic nitrogens is 3. The largest absolute Gasteiger partial charge is 0.331 e. The van der Waals surface area contributed by atoms with Gasteiger partial charge in [0.1, 0.15) is 0 Å². The van der Waals surface area contributed by atoms with Crippen molar-refractivity contribution in [3.05, 3.63) is 41.3 Å². The third kappa shape index (κ3) is 4.45. The van der Waals surface area contributed by atoms with Crippen molar-refractivity contribution < 1.29 is 18.0 Å². The minimum Gasteiger partial charge on any atom is -0.331 e. The highest BCUT2D eigenvalue weighted by Gasteiger charge is 2.41. The molecule has 3 aromatic rings. The predicted octanol–water partition coefficient (Wildman–Crippen LogP) is 3.94. The van der Waals surface area contributed by atoms with Crippen molar-refractivity contribution in [2.45, 2.75) is 57.0 Å². The quantitative estimate of drug-likeness (QED) is 0.467. The fourth-order valence-corrected chi connectivity index (χ4v) is 7.18. The zero-order valence-electron chi connectivity index (χ0n) is 21.4. The molecule has 1 aromatic carbocycles. The molecule has 2 amide bonds. The molecule has 1 saturated carbocycles. The number of hydrogen-bond acceptors (Lipinski definition) is 9. The third-order valence-corrected chi connectivity index (χ3v) is 9.70. The van der Waals surface area contributed by atoms with Crippen LogP contribution in [-0.2, 0) is 21.2 Å². The van der Waals surface area contributed by atoms with Crippen molar-refractivity contribution in [3.63, 3.8) is 0 Å². The molecule has 4 heterocycles. The van der Waals surface area contributed by atoms with E-state index in [0.29, 0.717) is 53.3 Å². The molecule has 0 spiro atoms. The van der Waals surface area contributed by atoms with Crippen LogP contribution in [0.1, 0.15) is 54.2 Å². The maximum absolute atomic E-state index is 13.3. The third-order valence-electron chi connectivity index (χ3n) is 7.46. The van der Waals surface area contributed by atoms with Crippen LogP contribution >= 0.6 is 11.3 Å². The summed E-state index contributed by atoms with van der Waals surface area (Å²) in [5, 5.41) is 3.74. The van der Waals surface area contributed by atoms with Crippen molar-refractivity contribution in [1.82, 2.24) is 19.9 Å². The number of aryl methyl sites for hydroxylation is 1. The van der Waals surface area contributed by atoms with Crippen molar-refractivity contribution >= 4 is 49.8 Å². The van der Waals surface area contributed by atoms with Gasteiger partial charge in [0.25, 0.3) is 5.91 Å². The molecule has 0 radical (unpaired) electrons. The van der Waals surface area contributed by atoms with Crippen LogP contribution in [0.4, 0.5) is 16.8 Å². The lowest BCUT2D eigenvalue weighted by Crippen LogP contribution is -2.35. The second-order valence-corrected chi connectivity index (χ2v) is 13.2. The number of benzene rings is 1. The highest BCUT2D eigenvalue weighted by molar-refractivity contribution is 7.90. The Bertz CT molecular complexity index is 1580. The Morgan fingerprint density at radius 2 is 1.95 bits per heavy atom. The molecule has 1 N–H and O–H groups in total. The number of fused-ring (bicyclic) bond motifs is 1. The van der Waals surface area contributed by atoms with Crippen molar-refractivity contribution in [3.8, 4) is 10.4 Å². The summed E-state index contributed by atoms with van der Waals surface area (Å²) in [6.07, 6.45) is 7.79. The molecule has 2 fully saturated rings. The van der Waals surface area contributed by atoms with Crippen molar-refractivity contribution in [2.24, 2.45) is 5.92 Å². The Hall–Kier alpha value is -3.38. The SMILES string of the molecule is Cc1nc(Nc2cncc(N3CCCC3=O)n2)sc1-c1cc2c(c(S(C)(=O)=O)c1)C(=O)N(C(C)C1CC1)C2. The van der Waals surface area contributed by atoms with E-state index in [1.807, 2.05) is 24.8 Å². The predicted molar refractivity (Wildman–Crippen MR) is 144 cm³/mol. The molecule has 1 atom stereocenters. The van der Waals surface area contributed by atoms with Gasteiger partial charge in [-0.1, -0.05) is 11.3 Å². The van der Waals surface area contributed by atoms with Gasteiger partial charge in [-0.25, -0.2) is 18.4 Å². The van der Waals surface area contributed by atoms with E-state index in [-0.39, 0.29) is 22.8 Å². The number of nitrogens with zero attached hydrogens (tertiary/aromatic N) is 5. The normalized spacial score (nSPS) is 18.3. The van der Waals surface area contributed by atoms with Gasteiger partial charge in [-0.3, -0.25) is 19.5 Å². The first-order valence-corrected chi connectivity index (χ1v) is 15.4. The Labute approximate surface area is 225 Å². The summed E-state index contributed by atoms with van der Waals surface area (Å²) in [5.74, 6) is 1.27. The summed E-state index contributed by atoms with van der Waals surface area (Å²) in [6, 6.07) is 3.60. The molecule has 198 valence electrons. The van der Waals surface area contributed by atoms with Gasteiger partial charge < -0.3 is 10.2 Å². The minimum absolute atomic E-state index is 0.0330. The number of carbonyl (C=O) groups excluding carboxylic acids is 2. The summed E-state index contributed by atoms with van der Waals surface area (Å²) in [4.78, 5) is 43.1. The van der Waals surface area contributed by atoms with Crippen LogP contribution in [0.3, 0.4) is 0 Å². The highest BCUT2D eigenvalue weighted by Crippen LogP contribution is 2.42. The van der Waals surface area contributed by atoms with E-state index >= 15 is 0 Å². The molecule has 1 unspecified atom stereocenters. The average molecular weight is 553 g/mol. The number of nitrogens with one attached hydrogen (secondary N) is 1. The van der Waals surface area contributed by atoms with E-state index in [1.54, 1.807) is 23.4 Å². The average Bonchev–Trinajstić information content (AvgIpc) is 3.41. The summed E-state index contributed by atoms with van der Waals surface area (Å²) >= 11 is 1.37. The van der Waals surface area contributed by atoms with Gasteiger partial charge in [0.05, 0.1) is 33.4 Å². The Kier molecular flexibility index (Phi) is 5.98. The number of hydrogen-bond donors (Lipinski definition) is 1. The topological polar surface area (TPSA) is 125 Å². The zero-order chi connectivity index (χ0) is 26.8. The Balaban J connectivity index is 1.33. The summed E-state index contributed by atoms with van der Waals surface area (Å²) in [5.41, 5.74) is 2.47. The fourth-order valence-electron chi connectivity index (χ4n) is 5.29. The summed E-state index contributed by atoms with van der Waals surface area (Å²) < 4.78 is 25.6. The van der Waals surface area contributed by atoms with E-state index in [2.05, 4.69) is 20.3 Å².